The molecule has 0 spiro atoms. The van der Waals surface area contributed by atoms with Crippen LogP contribution in [0.5, 0.6) is 0 Å². The van der Waals surface area contributed by atoms with Crippen LogP contribution in [0, 0.1) is 0 Å². The lowest BCUT2D eigenvalue weighted by atomic mass is 10.2. The molecule has 0 radical (unpaired) electrons. The van der Waals surface area contributed by atoms with E-state index in [2.05, 4.69) is 10.3 Å². The summed E-state index contributed by atoms with van der Waals surface area (Å²) in [5.74, 6) is -0.517. The predicted octanol–water partition coefficient (Wildman–Crippen LogP) is 2.65. The molecule has 0 aliphatic carbocycles. The van der Waals surface area contributed by atoms with Crippen LogP contribution >= 0.6 is 0 Å². The number of hydrogen-bond acceptors (Lipinski definition) is 4. The van der Waals surface area contributed by atoms with Gasteiger partial charge in [0.2, 0.25) is 0 Å². The maximum Gasteiger partial charge on any atom is 0.412 e. The normalized spacial score (nSPS) is 10.2. The number of nitrogens with one attached hydrogen (secondary N) is 1. The average molecular weight is 274 g/mol. The third-order valence-electron chi connectivity index (χ3n) is 2.63. The second-order valence-electron chi connectivity index (χ2n) is 4.17. The molecule has 0 atom stereocenters. The number of pyridine rings is 1. The molecule has 6 heteroatoms. The monoisotopic (exact) mass is 274 g/mol. The summed E-state index contributed by atoms with van der Waals surface area (Å²) in [6.45, 7) is 0.0612. The standard InChI is InChI=1S/C14H14N2O4/c17-13(18)6-3-7-20-14(19)16-12-8-10-4-1-2-5-11(10)9-15-12/h1-2,4-5,8-9H,3,6-7H2,(H,17,18)(H,15,16,19). The van der Waals surface area contributed by atoms with Gasteiger partial charge in [-0.3, -0.25) is 10.1 Å². The maximum atomic E-state index is 11.5. The first-order chi connectivity index (χ1) is 9.65. The summed E-state index contributed by atoms with van der Waals surface area (Å²) in [4.78, 5) is 25.9. The summed E-state index contributed by atoms with van der Waals surface area (Å²) in [6, 6.07) is 9.40. The highest BCUT2D eigenvalue weighted by atomic mass is 16.5. The molecule has 1 aromatic heterocycles. The van der Waals surface area contributed by atoms with Crippen LogP contribution in [0.4, 0.5) is 10.6 Å². The molecule has 0 saturated heterocycles. The molecule has 20 heavy (non-hydrogen) atoms. The molecule has 2 aromatic rings. The largest absolute Gasteiger partial charge is 0.481 e. The number of benzene rings is 1. The van der Waals surface area contributed by atoms with Crippen LogP contribution in [0.25, 0.3) is 10.8 Å². The van der Waals surface area contributed by atoms with E-state index in [-0.39, 0.29) is 19.4 Å². The summed E-state index contributed by atoms with van der Waals surface area (Å²) in [7, 11) is 0. The van der Waals surface area contributed by atoms with Crippen molar-refractivity contribution in [1.29, 1.82) is 0 Å². The Kier molecular flexibility index (Phi) is 4.49. The van der Waals surface area contributed by atoms with Crippen LogP contribution in [0.15, 0.2) is 36.5 Å². The Labute approximate surface area is 115 Å². The molecule has 6 nitrogen and oxygen atoms in total. The van der Waals surface area contributed by atoms with E-state index in [1.165, 1.54) is 0 Å². The number of anilines is 1. The number of carbonyl (C=O) groups is 2. The van der Waals surface area contributed by atoms with Crippen molar-refractivity contribution in [3.63, 3.8) is 0 Å². The highest BCUT2D eigenvalue weighted by Gasteiger charge is 2.05. The van der Waals surface area contributed by atoms with Gasteiger partial charge in [0.1, 0.15) is 5.82 Å². The first-order valence-corrected chi connectivity index (χ1v) is 6.15. The lowest BCUT2D eigenvalue weighted by Gasteiger charge is -2.06. The van der Waals surface area contributed by atoms with E-state index in [4.69, 9.17) is 9.84 Å². The van der Waals surface area contributed by atoms with Gasteiger partial charge in [-0.05, 0) is 17.9 Å². The van der Waals surface area contributed by atoms with Crippen molar-refractivity contribution in [2.45, 2.75) is 12.8 Å². The minimum atomic E-state index is -0.912. The number of amides is 1. The van der Waals surface area contributed by atoms with Crippen LogP contribution in [0.1, 0.15) is 12.8 Å². The number of fused-ring (bicyclic) bond motifs is 1. The van der Waals surface area contributed by atoms with Crippen molar-refractivity contribution in [2.75, 3.05) is 11.9 Å². The van der Waals surface area contributed by atoms with Crippen LogP contribution < -0.4 is 5.32 Å². The number of carboxylic acid groups (broad SMARTS) is 1. The van der Waals surface area contributed by atoms with Gasteiger partial charge in [-0.1, -0.05) is 24.3 Å². The zero-order valence-corrected chi connectivity index (χ0v) is 10.7. The van der Waals surface area contributed by atoms with Crippen molar-refractivity contribution in [2.24, 2.45) is 0 Å². The molecule has 2 rings (SSSR count). The van der Waals surface area contributed by atoms with Gasteiger partial charge in [-0.2, -0.15) is 0 Å². The fraction of sp³-hybridized carbons (Fsp3) is 0.214. The molecule has 0 fully saturated rings. The molecule has 0 saturated carbocycles. The Bertz CT molecular complexity index is 627. The second kappa shape index (κ2) is 6.51. The summed E-state index contributed by atoms with van der Waals surface area (Å²) in [5, 5.41) is 12.9. The SMILES string of the molecule is O=C(O)CCCOC(=O)Nc1cc2ccccc2cn1. The zero-order chi connectivity index (χ0) is 14.4. The van der Waals surface area contributed by atoms with Gasteiger partial charge in [0, 0.05) is 18.0 Å². The van der Waals surface area contributed by atoms with E-state index in [1.54, 1.807) is 12.3 Å². The van der Waals surface area contributed by atoms with E-state index < -0.39 is 12.1 Å². The average Bonchev–Trinajstić information content (AvgIpc) is 2.43. The number of nitrogens with zero attached hydrogens (tertiary/aromatic N) is 1. The molecular weight excluding hydrogens is 260 g/mol. The molecule has 0 aliphatic rings. The summed E-state index contributed by atoms with van der Waals surface area (Å²) in [6.07, 6.45) is 1.28. The molecule has 104 valence electrons. The van der Waals surface area contributed by atoms with Crippen molar-refractivity contribution < 1.29 is 19.4 Å². The van der Waals surface area contributed by atoms with Gasteiger partial charge in [0.25, 0.3) is 0 Å². The molecule has 0 aliphatic heterocycles. The van der Waals surface area contributed by atoms with Gasteiger partial charge >= 0.3 is 12.1 Å². The third-order valence-corrected chi connectivity index (χ3v) is 2.63. The highest BCUT2D eigenvalue weighted by molar-refractivity contribution is 5.89. The smallest absolute Gasteiger partial charge is 0.412 e. The zero-order valence-electron chi connectivity index (χ0n) is 10.7. The first-order valence-electron chi connectivity index (χ1n) is 6.15. The number of rotatable bonds is 5. The fourth-order valence-electron chi connectivity index (χ4n) is 1.68. The van der Waals surface area contributed by atoms with Gasteiger partial charge in [-0.15, -0.1) is 0 Å². The molecule has 1 aromatic carbocycles. The molecule has 0 bridgehead atoms. The van der Waals surface area contributed by atoms with Crippen molar-refractivity contribution in [1.82, 2.24) is 4.98 Å². The molecule has 0 unspecified atom stereocenters. The lowest BCUT2D eigenvalue weighted by molar-refractivity contribution is -0.137. The number of carboxylic acids is 1. The molecular formula is C14H14N2O4. The molecule has 2 N–H and O–H groups in total. The lowest BCUT2D eigenvalue weighted by Crippen LogP contribution is -2.15. The molecule has 1 heterocycles. The van der Waals surface area contributed by atoms with Gasteiger partial charge in [0.05, 0.1) is 6.61 Å². The van der Waals surface area contributed by atoms with Gasteiger partial charge in [0.15, 0.2) is 0 Å². The van der Waals surface area contributed by atoms with Crippen LogP contribution in [-0.4, -0.2) is 28.8 Å². The van der Waals surface area contributed by atoms with Crippen molar-refractivity contribution in [3.8, 4) is 0 Å². The van der Waals surface area contributed by atoms with Crippen molar-refractivity contribution in [3.05, 3.63) is 36.5 Å². The van der Waals surface area contributed by atoms with E-state index >= 15 is 0 Å². The fourth-order valence-corrected chi connectivity index (χ4v) is 1.68. The van der Waals surface area contributed by atoms with Gasteiger partial charge < -0.3 is 9.84 Å². The van der Waals surface area contributed by atoms with Gasteiger partial charge in [-0.25, -0.2) is 9.78 Å². The third kappa shape index (κ3) is 3.94. The molecule has 1 amide bonds. The van der Waals surface area contributed by atoms with Crippen LogP contribution in [0.3, 0.4) is 0 Å². The van der Waals surface area contributed by atoms with E-state index in [9.17, 15) is 9.59 Å². The minimum absolute atomic E-state index is 0.0263. The number of ether oxygens (including phenoxy) is 1. The Morgan fingerprint density at radius 2 is 2.00 bits per heavy atom. The summed E-state index contributed by atoms with van der Waals surface area (Å²) >= 11 is 0. The van der Waals surface area contributed by atoms with E-state index in [0.29, 0.717) is 5.82 Å². The Morgan fingerprint density at radius 1 is 1.25 bits per heavy atom. The van der Waals surface area contributed by atoms with Crippen LogP contribution in [0.2, 0.25) is 0 Å². The summed E-state index contributed by atoms with van der Waals surface area (Å²) in [5.41, 5.74) is 0. The van der Waals surface area contributed by atoms with E-state index in [1.807, 2.05) is 24.3 Å². The Morgan fingerprint density at radius 3 is 2.75 bits per heavy atom. The minimum Gasteiger partial charge on any atom is -0.481 e. The number of hydrogen-bond donors (Lipinski definition) is 2. The Hall–Kier alpha value is -2.63. The number of aliphatic carboxylic acids is 1. The van der Waals surface area contributed by atoms with Crippen LogP contribution in [-0.2, 0) is 9.53 Å². The predicted molar refractivity (Wildman–Crippen MR) is 73.6 cm³/mol. The topological polar surface area (TPSA) is 88.5 Å². The summed E-state index contributed by atoms with van der Waals surface area (Å²) < 4.78 is 4.86. The quantitative estimate of drug-likeness (QED) is 0.818. The Balaban J connectivity index is 1.88. The first kappa shape index (κ1) is 13.8. The maximum absolute atomic E-state index is 11.5. The number of aromatic nitrogens is 1. The second-order valence-corrected chi connectivity index (χ2v) is 4.17. The van der Waals surface area contributed by atoms with Crippen molar-refractivity contribution >= 4 is 28.7 Å². The number of carbonyl (C=O) groups excluding carboxylic acids is 1. The van der Waals surface area contributed by atoms with E-state index in [0.717, 1.165) is 10.8 Å². The highest BCUT2D eigenvalue weighted by Crippen LogP contribution is 2.16.